The van der Waals surface area contributed by atoms with Crippen molar-refractivity contribution >= 4 is 28.9 Å². The number of cyclic esters (lactones) is 1. The SMILES string of the molecule is COc1ccc2nc(-c3ccccc3)cc(C(=O)OCC(=O)N3CCOC3=O)c2c1. The van der Waals surface area contributed by atoms with Gasteiger partial charge in [-0.05, 0) is 24.3 Å². The van der Waals surface area contributed by atoms with Crippen LogP contribution in [0.4, 0.5) is 4.79 Å². The van der Waals surface area contributed by atoms with E-state index in [9.17, 15) is 14.4 Å². The van der Waals surface area contributed by atoms with Gasteiger partial charge in [-0.3, -0.25) is 4.79 Å². The van der Waals surface area contributed by atoms with Gasteiger partial charge in [-0.25, -0.2) is 19.5 Å². The van der Waals surface area contributed by atoms with Crippen molar-refractivity contribution in [3.05, 3.63) is 60.2 Å². The molecule has 8 heteroatoms. The first-order valence-corrected chi connectivity index (χ1v) is 9.25. The second-order valence-corrected chi connectivity index (χ2v) is 6.54. The number of hydrogen-bond acceptors (Lipinski definition) is 7. The number of nitrogens with zero attached hydrogens (tertiary/aromatic N) is 2. The summed E-state index contributed by atoms with van der Waals surface area (Å²) >= 11 is 0. The van der Waals surface area contributed by atoms with Gasteiger partial charge in [-0.2, -0.15) is 0 Å². The lowest BCUT2D eigenvalue weighted by molar-refractivity contribution is -0.131. The van der Waals surface area contributed by atoms with Gasteiger partial charge in [0.25, 0.3) is 5.91 Å². The van der Waals surface area contributed by atoms with Crippen molar-refractivity contribution in [3.63, 3.8) is 0 Å². The summed E-state index contributed by atoms with van der Waals surface area (Å²) in [6.07, 6.45) is -0.735. The van der Waals surface area contributed by atoms with Gasteiger partial charge >= 0.3 is 12.1 Å². The maximum absolute atomic E-state index is 12.9. The van der Waals surface area contributed by atoms with E-state index in [0.717, 1.165) is 10.5 Å². The molecule has 0 aliphatic carbocycles. The van der Waals surface area contributed by atoms with E-state index in [4.69, 9.17) is 14.2 Å². The highest BCUT2D eigenvalue weighted by atomic mass is 16.6. The molecule has 1 aliphatic rings. The minimum Gasteiger partial charge on any atom is -0.497 e. The maximum Gasteiger partial charge on any atom is 0.416 e. The number of amides is 2. The van der Waals surface area contributed by atoms with E-state index in [1.54, 1.807) is 24.3 Å². The zero-order valence-electron chi connectivity index (χ0n) is 16.2. The molecular weight excluding hydrogens is 388 g/mol. The predicted octanol–water partition coefficient (Wildman–Crippen LogP) is 3.05. The van der Waals surface area contributed by atoms with E-state index < -0.39 is 24.6 Å². The van der Waals surface area contributed by atoms with Crippen LogP contribution in [-0.4, -0.2) is 54.7 Å². The van der Waals surface area contributed by atoms with Gasteiger partial charge in [0.2, 0.25) is 0 Å². The van der Waals surface area contributed by atoms with Gasteiger partial charge in [0.15, 0.2) is 6.61 Å². The number of esters is 1. The van der Waals surface area contributed by atoms with Crippen LogP contribution in [-0.2, 0) is 14.3 Å². The molecule has 0 spiro atoms. The number of methoxy groups -OCH3 is 1. The summed E-state index contributed by atoms with van der Waals surface area (Å²) in [4.78, 5) is 42.1. The highest BCUT2D eigenvalue weighted by molar-refractivity contribution is 6.06. The van der Waals surface area contributed by atoms with Crippen molar-refractivity contribution in [1.82, 2.24) is 9.88 Å². The van der Waals surface area contributed by atoms with E-state index in [0.29, 0.717) is 22.3 Å². The highest BCUT2D eigenvalue weighted by Gasteiger charge is 2.29. The normalized spacial score (nSPS) is 13.2. The number of aromatic nitrogens is 1. The third-order valence-electron chi connectivity index (χ3n) is 4.69. The van der Waals surface area contributed by atoms with E-state index >= 15 is 0 Å². The Morgan fingerprint density at radius 2 is 1.93 bits per heavy atom. The summed E-state index contributed by atoms with van der Waals surface area (Å²) < 4.78 is 15.2. The van der Waals surface area contributed by atoms with Crippen molar-refractivity contribution in [2.75, 3.05) is 26.9 Å². The minimum atomic E-state index is -0.735. The molecule has 3 aromatic rings. The van der Waals surface area contributed by atoms with Crippen LogP contribution in [0, 0.1) is 0 Å². The Bertz CT molecular complexity index is 1130. The fourth-order valence-corrected chi connectivity index (χ4v) is 3.16. The average molecular weight is 406 g/mol. The van der Waals surface area contributed by atoms with Crippen molar-refractivity contribution in [1.29, 1.82) is 0 Å². The van der Waals surface area contributed by atoms with Crippen LogP contribution in [0.5, 0.6) is 5.75 Å². The number of fused-ring (bicyclic) bond motifs is 1. The average Bonchev–Trinajstić information content (AvgIpc) is 3.22. The summed E-state index contributed by atoms with van der Waals surface area (Å²) in [5.74, 6) is -0.777. The summed E-state index contributed by atoms with van der Waals surface area (Å²) in [6.45, 7) is -0.293. The second kappa shape index (κ2) is 8.20. The van der Waals surface area contributed by atoms with Gasteiger partial charge < -0.3 is 14.2 Å². The highest BCUT2D eigenvalue weighted by Crippen LogP contribution is 2.28. The fourth-order valence-electron chi connectivity index (χ4n) is 3.16. The number of imide groups is 1. The van der Waals surface area contributed by atoms with Crippen LogP contribution in [0.1, 0.15) is 10.4 Å². The van der Waals surface area contributed by atoms with E-state index in [1.807, 2.05) is 30.3 Å². The van der Waals surface area contributed by atoms with Crippen LogP contribution in [0.2, 0.25) is 0 Å². The molecule has 152 valence electrons. The number of carbonyl (C=O) groups is 3. The summed E-state index contributed by atoms with van der Waals surface area (Å²) in [5.41, 5.74) is 2.25. The molecule has 0 saturated carbocycles. The molecule has 2 aromatic carbocycles. The molecular formula is C22H18N2O6. The van der Waals surface area contributed by atoms with E-state index in [2.05, 4.69) is 4.98 Å². The fraction of sp³-hybridized carbons (Fsp3) is 0.182. The molecule has 1 fully saturated rings. The minimum absolute atomic E-state index is 0.133. The van der Waals surface area contributed by atoms with Crippen LogP contribution in [0.3, 0.4) is 0 Å². The van der Waals surface area contributed by atoms with Gasteiger partial charge in [-0.15, -0.1) is 0 Å². The number of pyridine rings is 1. The monoisotopic (exact) mass is 406 g/mol. The van der Waals surface area contributed by atoms with E-state index in [-0.39, 0.29) is 18.7 Å². The molecule has 0 radical (unpaired) electrons. The zero-order valence-corrected chi connectivity index (χ0v) is 16.2. The van der Waals surface area contributed by atoms with Crippen LogP contribution in [0.15, 0.2) is 54.6 Å². The van der Waals surface area contributed by atoms with Crippen molar-refractivity contribution in [3.8, 4) is 17.0 Å². The zero-order chi connectivity index (χ0) is 21.1. The third kappa shape index (κ3) is 3.80. The lowest BCUT2D eigenvalue weighted by atomic mass is 10.0. The number of ether oxygens (including phenoxy) is 3. The van der Waals surface area contributed by atoms with Crippen molar-refractivity contribution < 1.29 is 28.6 Å². The first-order valence-electron chi connectivity index (χ1n) is 9.25. The maximum atomic E-state index is 12.9. The molecule has 8 nitrogen and oxygen atoms in total. The molecule has 1 saturated heterocycles. The molecule has 1 aromatic heterocycles. The first-order chi connectivity index (χ1) is 14.6. The molecule has 0 unspecified atom stereocenters. The Balaban J connectivity index is 1.67. The number of benzene rings is 2. The van der Waals surface area contributed by atoms with Crippen molar-refractivity contribution in [2.24, 2.45) is 0 Å². The number of rotatable bonds is 5. The molecule has 30 heavy (non-hydrogen) atoms. The van der Waals surface area contributed by atoms with Gasteiger partial charge in [-0.1, -0.05) is 30.3 Å². The Morgan fingerprint density at radius 1 is 1.13 bits per heavy atom. The smallest absolute Gasteiger partial charge is 0.416 e. The van der Waals surface area contributed by atoms with Gasteiger partial charge in [0, 0.05) is 10.9 Å². The predicted molar refractivity (Wildman–Crippen MR) is 107 cm³/mol. The molecule has 2 amide bonds. The van der Waals surface area contributed by atoms with Gasteiger partial charge in [0.1, 0.15) is 12.4 Å². The first kappa shape index (κ1) is 19.4. The number of hydrogen-bond donors (Lipinski definition) is 0. The summed E-state index contributed by atoms with van der Waals surface area (Å²) in [5, 5.41) is 0.534. The van der Waals surface area contributed by atoms with Crippen LogP contribution in [0.25, 0.3) is 22.2 Å². The quantitative estimate of drug-likeness (QED) is 0.601. The van der Waals surface area contributed by atoms with E-state index in [1.165, 1.54) is 7.11 Å². The molecule has 0 bridgehead atoms. The Hall–Kier alpha value is -3.94. The summed E-state index contributed by atoms with van der Waals surface area (Å²) in [7, 11) is 1.53. The molecule has 1 aliphatic heterocycles. The molecule has 2 heterocycles. The number of carbonyl (C=O) groups excluding carboxylic acids is 3. The lowest BCUT2D eigenvalue weighted by Gasteiger charge is -2.13. The Labute approximate surface area is 172 Å². The Kier molecular flexibility index (Phi) is 5.30. The molecule has 0 N–H and O–H groups in total. The molecule has 4 rings (SSSR count). The van der Waals surface area contributed by atoms with Crippen LogP contribution >= 0.6 is 0 Å². The van der Waals surface area contributed by atoms with Crippen molar-refractivity contribution in [2.45, 2.75) is 0 Å². The second-order valence-electron chi connectivity index (χ2n) is 6.54. The standard InChI is InChI=1S/C22H18N2O6/c1-28-15-7-8-18-16(11-15)17(12-19(23-18)14-5-3-2-4-6-14)21(26)30-13-20(25)24-9-10-29-22(24)27/h2-8,11-12H,9-10,13H2,1H3. The van der Waals surface area contributed by atoms with Crippen LogP contribution < -0.4 is 4.74 Å². The lowest BCUT2D eigenvalue weighted by Crippen LogP contribution is -2.35. The molecule has 0 atom stereocenters. The largest absolute Gasteiger partial charge is 0.497 e. The summed E-state index contributed by atoms with van der Waals surface area (Å²) in [6, 6.07) is 16.2. The topological polar surface area (TPSA) is 95.0 Å². The Morgan fingerprint density at radius 3 is 2.63 bits per heavy atom. The third-order valence-corrected chi connectivity index (χ3v) is 4.69. The van der Waals surface area contributed by atoms with Gasteiger partial charge in [0.05, 0.1) is 30.4 Å².